The number of carbonyl (C=O) groups is 3. The molecule has 3 heterocycles. The van der Waals surface area contributed by atoms with Crippen molar-refractivity contribution in [1.29, 1.82) is 0 Å². The molecular weight excluding hydrogens is 659 g/mol. The number of methoxy groups -OCH3 is 1. The van der Waals surface area contributed by atoms with Crippen molar-refractivity contribution in [2.45, 2.75) is 22.6 Å². The highest BCUT2D eigenvalue weighted by Gasteiger charge is 2.69. The minimum atomic E-state index is -0.430. The van der Waals surface area contributed by atoms with Crippen molar-refractivity contribution in [2.75, 3.05) is 23.9 Å². The first-order valence-electron chi connectivity index (χ1n) is 16.3. The first-order chi connectivity index (χ1) is 23.9. The molecule has 2 N–H and O–H groups in total. The summed E-state index contributed by atoms with van der Waals surface area (Å²) < 4.78 is 11.6. The molecule has 49 heavy (non-hydrogen) atoms. The highest BCUT2D eigenvalue weighted by molar-refractivity contribution is 8.00. The molecule has 2 aliphatic carbocycles. The second-order valence-electron chi connectivity index (χ2n) is 13.1. The second kappa shape index (κ2) is 11.6. The number of hydrogen-bond acceptors (Lipinski definition) is 8. The molecular formula is C38H31N3O6S2. The Bertz CT molecular complexity index is 2210. The fourth-order valence-corrected chi connectivity index (χ4v) is 11.8. The Morgan fingerprint density at radius 1 is 0.898 bits per heavy atom. The standard InChI is InChI=1S/C38H31N3O6S2/c1-46-21-15-13-20(14-16-21)41-36(43)31-24-17-25(32(31)37(41)44)33-30(24)29(34-35(48-33)40-38(45)49-34)23-10-4-5-12-27(23)47-18-28(42)39-26-11-6-8-19-7-2-3-9-22(19)26/h2-16,24-25,29-33H,17-18H2,1H3,(H,39,42)(H,40,45)/t24?,25?,29-,30?,31?,32?,33?/m1/s1. The maximum atomic E-state index is 14.1. The number of H-pyrrole nitrogens is 1. The highest BCUT2D eigenvalue weighted by Crippen LogP contribution is 2.69. The van der Waals surface area contributed by atoms with Gasteiger partial charge >= 0.3 is 4.87 Å². The molecule has 1 saturated heterocycles. The Hall–Kier alpha value is -4.87. The van der Waals surface area contributed by atoms with Gasteiger partial charge in [0.05, 0.1) is 29.7 Å². The van der Waals surface area contributed by atoms with Crippen molar-refractivity contribution in [2.24, 2.45) is 29.6 Å². The number of thioether (sulfide) groups is 1. The third-order valence-electron chi connectivity index (χ3n) is 10.7. The molecule has 6 unspecified atom stereocenters. The molecule has 4 aromatic carbocycles. The summed E-state index contributed by atoms with van der Waals surface area (Å²) in [5.41, 5.74) is 2.14. The number of aromatic nitrogens is 1. The van der Waals surface area contributed by atoms with Gasteiger partial charge in [0.1, 0.15) is 11.5 Å². The molecule has 5 aromatic rings. The van der Waals surface area contributed by atoms with Crippen LogP contribution in [0.4, 0.5) is 11.4 Å². The van der Waals surface area contributed by atoms with Crippen LogP contribution in [0.25, 0.3) is 10.8 Å². The summed E-state index contributed by atoms with van der Waals surface area (Å²) in [5.74, 6) is -0.502. The number of fused-ring (bicyclic) bond motifs is 10. The van der Waals surface area contributed by atoms with Gasteiger partial charge in [-0.1, -0.05) is 65.9 Å². The number of carbonyl (C=O) groups excluding carboxylic acids is 3. The summed E-state index contributed by atoms with van der Waals surface area (Å²) in [5, 5.41) is 5.82. The highest BCUT2D eigenvalue weighted by atomic mass is 32.2. The molecule has 2 saturated carbocycles. The van der Waals surface area contributed by atoms with E-state index in [1.54, 1.807) is 43.1 Å². The van der Waals surface area contributed by atoms with E-state index in [2.05, 4.69) is 10.3 Å². The number of amides is 3. The first kappa shape index (κ1) is 30.2. The molecule has 3 fully saturated rings. The van der Waals surface area contributed by atoms with E-state index in [1.807, 2.05) is 66.7 Å². The van der Waals surface area contributed by atoms with Gasteiger partial charge in [-0.25, -0.2) is 0 Å². The summed E-state index contributed by atoms with van der Waals surface area (Å²) in [6.45, 7) is -0.202. The van der Waals surface area contributed by atoms with Crippen molar-refractivity contribution in [1.82, 2.24) is 4.98 Å². The molecule has 9 rings (SSSR count). The number of nitrogens with one attached hydrogen (secondary N) is 2. The van der Waals surface area contributed by atoms with Gasteiger partial charge in [-0.05, 0) is 66.0 Å². The third kappa shape index (κ3) is 4.74. The van der Waals surface area contributed by atoms with Crippen LogP contribution in [-0.2, 0) is 14.4 Å². The molecule has 0 spiro atoms. The third-order valence-corrected chi connectivity index (χ3v) is 13.3. The SMILES string of the molecule is COc1ccc(N2C(=O)C3C4CC(C3C2=O)C2C4Sc3[nH]c(=O)sc3[C@@H]2c2ccccc2OCC(=O)Nc2cccc3ccccc23)cc1. The van der Waals surface area contributed by atoms with Crippen LogP contribution < -0.4 is 24.6 Å². The van der Waals surface area contributed by atoms with Gasteiger partial charge in [-0.3, -0.25) is 24.1 Å². The summed E-state index contributed by atoms with van der Waals surface area (Å²) in [4.78, 5) is 59.3. The molecule has 246 valence electrons. The van der Waals surface area contributed by atoms with Crippen LogP contribution in [0.2, 0.25) is 0 Å². The van der Waals surface area contributed by atoms with Crippen molar-refractivity contribution in [3.8, 4) is 11.5 Å². The molecule has 2 bridgehead atoms. The zero-order valence-electron chi connectivity index (χ0n) is 26.3. The van der Waals surface area contributed by atoms with Gasteiger partial charge in [0.2, 0.25) is 11.8 Å². The summed E-state index contributed by atoms with van der Waals surface area (Å²) in [6.07, 6.45) is 0.776. The zero-order valence-corrected chi connectivity index (χ0v) is 28.0. The Balaban J connectivity index is 1.03. The number of hydrogen-bond donors (Lipinski definition) is 2. The number of ether oxygens (including phenoxy) is 2. The normalized spacial score (nSPS) is 26.4. The van der Waals surface area contributed by atoms with E-state index in [1.165, 1.54) is 16.2 Å². The van der Waals surface area contributed by atoms with E-state index in [0.29, 0.717) is 22.9 Å². The minimum Gasteiger partial charge on any atom is -0.497 e. The molecule has 11 heteroatoms. The first-order valence-corrected chi connectivity index (χ1v) is 18.0. The lowest BCUT2D eigenvalue weighted by Crippen LogP contribution is -2.42. The molecule has 4 aliphatic rings. The largest absolute Gasteiger partial charge is 0.497 e. The molecule has 0 radical (unpaired) electrons. The number of thiazole rings is 1. The Kier molecular flexibility index (Phi) is 7.17. The molecule has 7 atom stereocenters. The molecule has 2 aliphatic heterocycles. The smallest absolute Gasteiger partial charge is 0.305 e. The number of benzene rings is 4. The lowest BCUT2D eigenvalue weighted by Gasteiger charge is -2.43. The fraction of sp³-hybridized carbons (Fsp3) is 0.263. The van der Waals surface area contributed by atoms with Crippen LogP contribution in [0, 0.1) is 29.6 Å². The Morgan fingerprint density at radius 2 is 1.63 bits per heavy atom. The van der Waals surface area contributed by atoms with Gasteiger partial charge in [-0.2, -0.15) is 0 Å². The lowest BCUT2D eigenvalue weighted by atomic mass is 9.68. The predicted molar refractivity (Wildman–Crippen MR) is 188 cm³/mol. The predicted octanol–water partition coefficient (Wildman–Crippen LogP) is 6.29. The lowest BCUT2D eigenvalue weighted by molar-refractivity contribution is -0.123. The van der Waals surface area contributed by atoms with Crippen LogP contribution in [0.1, 0.15) is 22.8 Å². The maximum Gasteiger partial charge on any atom is 0.305 e. The molecule has 1 aromatic heterocycles. The van der Waals surface area contributed by atoms with Crippen LogP contribution in [-0.4, -0.2) is 41.7 Å². The minimum absolute atomic E-state index is 0.00275. The van der Waals surface area contributed by atoms with Gasteiger partial charge in [-0.15, -0.1) is 11.8 Å². The van der Waals surface area contributed by atoms with Crippen molar-refractivity contribution < 1.29 is 23.9 Å². The number of imide groups is 1. The second-order valence-corrected chi connectivity index (χ2v) is 15.3. The number of rotatable bonds is 7. The number of nitrogens with zero attached hydrogens (tertiary/aromatic N) is 1. The quantitative estimate of drug-likeness (QED) is 0.193. The van der Waals surface area contributed by atoms with E-state index in [9.17, 15) is 19.2 Å². The average molecular weight is 690 g/mol. The van der Waals surface area contributed by atoms with E-state index in [-0.39, 0.29) is 58.1 Å². The number of para-hydroxylation sites is 1. The van der Waals surface area contributed by atoms with Crippen molar-refractivity contribution in [3.05, 3.63) is 111 Å². The van der Waals surface area contributed by atoms with Crippen LogP contribution in [0.5, 0.6) is 11.5 Å². The topological polar surface area (TPSA) is 118 Å². The van der Waals surface area contributed by atoms with E-state index < -0.39 is 11.8 Å². The van der Waals surface area contributed by atoms with E-state index in [0.717, 1.165) is 32.7 Å². The fourth-order valence-electron chi connectivity index (χ4n) is 8.88. The van der Waals surface area contributed by atoms with Gasteiger partial charge in [0.25, 0.3) is 5.91 Å². The maximum absolute atomic E-state index is 14.1. The van der Waals surface area contributed by atoms with Crippen molar-refractivity contribution in [3.63, 3.8) is 0 Å². The summed E-state index contributed by atoms with van der Waals surface area (Å²) >= 11 is 2.83. The van der Waals surface area contributed by atoms with E-state index in [4.69, 9.17) is 9.47 Å². The van der Waals surface area contributed by atoms with Crippen LogP contribution in [0.15, 0.2) is 101 Å². The van der Waals surface area contributed by atoms with E-state index >= 15 is 0 Å². The summed E-state index contributed by atoms with van der Waals surface area (Å²) in [7, 11) is 1.58. The molecule has 9 nitrogen and oxygen atoms in total. The van der Waals surface area contributed by atoms with Gasteiger partial charge < -0.3 is 19.8 Å². The summed E-state index contributed by atoms with van der Waals surface area (Å²) in [6, 6.07) is 28.4. The monoisotopic (exact) mass is 689 g/mol. The molecule has 3 amide bonds. The van der Waals surface area contributed by atoms with Crippen molar-refractivity contribution >= 4 is 63.0 Å². The number of anilines is 2. The Morgan fingerprint density at radius 3 is 2.45 bits per heavy atom. The number of aromatic amines is 1. The average Bonchev–Trinajstić information content (AvgIpc) is 3.86. The zero-order chi connectivity index (χ0) is 33.4. The van der Waals surface area contributed by atoms with Gasteiger partial charge in [0, 0.05) is 32.7 Å². The van der Waals surface area contributed by atoms with Crippen LogP contribution >= 0.6 is 23.1 Å². The van der Waals surface area contributed by atoms with Crippen LogP contribution in [0.3, 0.4) is 0 Å². The van der Waals surface area contributed by atoms with Gasteiger partial charge in [0.15, 0.2) is 6.61 Å². The Labute approximate surface area is 289 Å².